The summed E-state index contributed by atoms with van der Waals surface area (Å²) in [6.07, 6.45) is 1.59. The molecule has 6 heteroatoms. The Bertz CT molecular complexity index is 609. The zero-order valence-electron chi connectivity index (χ0n) is 10.4. The fraction of sp³-hybridized carbons (Fsp3) is 0.0769. The van der Waals surface area contributed by atoms with Gasteiger partial charge < -0.3 is 5.73 Å². The molecule has 0 unspecified atom stereocenters. The maximum Gasteiger partial charge on any atom is 0.253 e. The van der Waals surface area contributed by atoms with Gasteiger partial charge in [-0.25, -0.2) is 9.97 Å². The molecule has 0 aliphatic carbocycles. The van der Waals surface area contributed by atoms with Gasteiger partial charge in [0.05, 0.1) is 5.69 Å². The molecule has 1 aromatic carbocycles. The lowest BCUT2D eigenvalue weighted by atomic mass is 10.1. The molecule has 0 spiro atoms. The molecule has 0 fully saturated rings. The largest absolute Gasteiger partial charge is 0.369 e. The van der Waals surface area contributed by atoms with E-state index in [2.05, 4.69) is 20.3 Å². The minimum absolute atomic E-state index is 0.0299. The third kappa shape index (κ3) is 3.60. The van der Waals surface area contributed by atoms with Gasteiger partial charge in [0.1, 0.15) is 0 Å². The molecule has 0 aliphatic heterocycles. The second kappa shape index (κ2) is 5.72. The summed E-state index contributed by atoms with van der Waals surface area (Å²) in [5, 5.41) is 2.36. The van der Waals surface area contributed by atoms with E-state index in [1.165, 1.54) is 6.92 Å². The van der Waals surface area contributed by atoms with Gasteiger partial charge in [0.15, 0.2) is 0 Å². The van der Waals surface area contributed by atoms with Crippen molar-refractivity contribution < 1.29 is 4.79 Å². The van der Waals surface area contributed by atoms with Gasteiger partial charge in [0, 0.05) is 18.7 Å². The molecule has 19 heavy (non-hydrogen) atoms. The number of carbonyl (C=O) groups is 1. The molecule has 6 nitrogen and oxygen atoms in total. The van der Waals surface area contributed by atoms with Crippen LogP contribution in [0.5, 0.6) is 0 Å². The predicted molar refractivity (Wildman–Crippen MR) is 72.6 cm³/mol. The van der Waals surface area contributed by atoms with Crippen LogP contribution in [0.2, 0.25) is 0 Å². The van der Waals surface area contributed by atoms with Crippen LogP contribution in [0.15, 0.2) is 47.6 Å². The number of nitrogens with two attached hydrogens (primary N) is 1. The minimum Gasteiger partial charge on any atom is -0.369 e. The van der Waals surface area contributed by atoms with Crippen LogP contribution in [0, 0.1) is 0 Å². The van der Waals surface area contributed by atoms with Crippen molar-refractivity contribution >= 4 is 17.8 Å². The number of rotatable bonds is 2. The zero-order chi connectivity index (χ0) is 13.7. The molecule has 96 valence electrons. The maximum absolute atomic E-state index is 10.8. The molecule has 1 heterocycles. The molecule has 3 N–H and O–H groups in total. The fourth-order valence-corrected chi connectivity index (χ4v) is 1.49. The quantitative estimate of drug-likeness (QED) is 0.623. The molecule has 1 aromatic heterocycles. The monoisotopic (exact) mass is 255 g/mol. The van der Waals surface area contributed by atoms with E-state index in [-0.39, 0.29) is 17.8 Å². The lowest BCUT2D eigenvalue weighted by molar-refractivity contribution is -0.117. The summed E-state index contributed by atoms with van der Waals surface area (Å²) >= 11 is 0. The number of carbonyl (C=O) groups excluding carboxylic acids is 1. The number of nitrogens with zero attached hydrogens (tertiary/aromatic N) is 3. The maximum atomic E-state index is 10.8. The molecule has 0 saturated heterocycles. The molecule has 2 aromatic rings. The Labute approximate surface area is 110 Å². The number of aromatic nitrogens is 2. The van der Waals surface area contributed by atoms with Crippen LogP contribution in [0.1, 0.15) is 6.92 Å². The Morgan fingerprint density at radius 1 is 1.26 bits per heavy atom. The van der Waals surface area contributed by atoms with Gasteiger partial charge in [0.25, 0.3) is 5.95 Å². The number of hydrogen-bond acceptors (Lipinski definition) is 4. The highest BCUT2D eigenvalue weighted by Crippen LogP contribution is 2.17. The van der Waals surface area contributed by atoms with E-state index in [1.54, 1.807) is 12.3 Å². The molecular weight excluding hydrogens is 242 g/mol. The van der Waals surface area contributed by atoms with Crippen LogP contribution in [0.3, 0.4) is 0 Å². The second-order valence-electron chi connectivity index (χ2n) is 3.79. The summed E-state index contributed by atoms with van der Waals surface area (Å²) in [7, 11) is 0. The number of hydrogen-bond donors (Lipinski definition) is 2. The second-order valence-corrected chi connectivity index (χ2v) is 3.79. The van der Waals surface area contributed by atoms with Crippen molar-refractivity contribution in [3.63, 3.8) is 0 Å². The fourth-order valence-electron chi connectivity index (χ4n) is 1.49. The highest BCUT2D eigenvalue weighted by atomic mass is 16.1. The normalized spacial score (nSPS) is 11.1. The molecule has 1 amide bonds. The third-order valence-corrected chi connectivity index (χ3v) is 2.24. The van der Waals surface area contributed by atoms with Crippen molar-refractivity contribution in [3.8, 4) is 11.3 Å². The first-order valence-electron chi connectivity index (χ1n) is 5.65. The van der Waals surface area contributed by atoms with Crippen LogP contribution in [0.25, 0.3) is 11.3 Å². The number of amides is 1. The van der Waals surface area contributed by atoms with Crippen LogP contribution >= 0.6 is 0 Å². The van der Waals surface area contributed by atoms with Crippen LogP contribution < -0.4 is 11.1 Å². The van der Waals surface area contributed by atoms with Gasteiger partial charge in [-0.1, -0.05) is 30.3 Å². The zero-order valence-corrected chi connectivity index (χ0v) is 10.4. The van der Waals surface area contributed by atoms with Crippen molar-refractivity contribution in [1.29, 1.82) is 0 Å². The van der Waals surface area contributed by atoms with Gasteiger partial charge in [-0.05, 0) is 6.07 Å². The smallest absolute Gasteiger partial charge is 0.253 e. The van der Waals surface area contributed by atoms with Crippen molar-refractivity contribution in [2.24, 2.45) is 10.7 Å². The number of guanidine groups is 1. The lowest BCUT2D eigenvalue weighted by Crippen LogP contribution is -2.34. The summed E-state index contributed by atoms with van der Waals surface area (Å²) in [5.74, 6) is -0.120. The van der Waals surface area contributed by atoms with Gasteiger partial charge in [0.2, 0.25) is 11.9 Å². The van der Waals surface area contributed by atoms with Crippen molar-refractivity contribution in [1.82, 2.24) is 15.3 Å². The summed E-state index contributed by atoms with van der Waals surface area (Å²) in [4.78, 5) is 23.0. The molecular formula is C13H13N5O. The molecule has 0 saturated carbocycles. The van der Waals surface area contributed by atoms with Gasteiger partial charge in [-0.2, -0.15) is 4.99 Å². The van der Waals surface area contributed by atoms with E-state index in [1.807, 2.05) is 30.3 Å². The number of nitrogens with one attached hydrogen (secondary N) is 1. The Balaban J connectivity index is 2.28. The Hall–Kier alpha value is -2.76. The summed E-state index contributed by atoms with van der Waals surface area (Å²) in [5.41, 5.74) is 7.23. The molecule has 0 aliphatic rings. The standard InChI is InChI=1S/C13H13N5O/c1-9(19)16-12(14)18-13-15-8-7-11(17-13)10-5-3-2-4-6-10/h2-8H,1H3,(H3,14,15,16,17,18,19). The first-order chi connectivity index (χ1) is 9.15. The van der Waals surface area contributed by atoms with E-state index in [0.29, 0.717) is 0 Å². The van der Waals surface area contributed by atoms with E-state index in [0.717, 1.165) is 11.3 Å². The van der Waals surface area contributed by atoms with Crippen LogP contribution in [0.4, 0.5) is 5.95 Å². The molecule has 2 rings (SSSR count). The molecule has 0 radical (unpaired) electrons. The molecule has 0 bridgehead atoms. The lowest BCUT2D eigenvalue weighted by Gasteiger charge is -2.02. The first kappa shape index (κ1) is 12.7. The number of aliphatic imine (C=N–C) groups is 1. The average molecular weight is 255 g/mol. The average Bonchev–Trinajstić information content (AvgIpc) is 2.39. The van der Waals surface area contributed by atoms with Crippen molar-refractivity contribution in [3.05, 3.63) is 42.6 Å². The van der Waals surface area contributed by atoms with E-state index in [9.17, 15) is 4.79 Å². The summed E-state index contributed by atoms with van der Waals surface area (Å²) in [6, 6.07) is 11.4. The highest BCUT2D eigenvalue weighted by Gasteiger charge is 2.02. The number of benzene rings is 1. The molecule has 0 atom stereocenters. The summed E-state index contributed by atoms with van der Waals surface area (Å²) in [6.45, 7) is 1.35. The Morgan fingerprint density at radius 2 is 2.00 bits per heavy atom. The SMILES string of the molecule is CC(=O)N/C(N)=N/c1nccc(-c2ccccc2)n1. The van der Waals surface area contributed by atoms with E-state index >= 15 is 0 Å². The van der Waals surface area contributed by atoms with Gasteiger partial charge >= 0.3 is 0 Å². The minimum atomic E-state index is -0.291. The van der Waals surface area contributed by atoms with Gasteiger partial charge in [-0.3, -0.25) is 10.1 Å². The topological polar surface area (TPSA) is 93.3 Å². The third-order valence-electron chi connectivity index (χ3n) is 2.24. The predicted octanol–water partition coefficient (Wildman–Crippen LogP) is 1.23. The first-order valence-corrected chi connectivity index (χ1v) is 5.65. The van der Waals surface area contributed by atoms with Crippen LogP contribution in [-0.4, -0.2) is 21.8 Å². The van der Waals surface area contributed by atoms with Gasteiger partial charge in [-0.15, -0.1) is 0 Å². The van der Waals surface area contributed by atoms with E-state index < -0.39 is 0 Å². The summed E-state index contributed by atoms with van der Waals surface area (Å²) < 4.78 is 0. The van der Waals surface area contributed by atoms with E-state index in [4.69, 9.17) is 5.73 Å². The van der Waals surface area contributed by atoms with Crippen molar-refractivity contribution in [2.45, 2.75) is 6.92 Å². The van der Waals surface area contributed by atoms with Crippen molar-refractivity contribution in [2.75, 3.05) is 0 Å². The Morgan fingerprint density at radius 3 is 2.68 bits per heavy atom. The van der Waals surface area contributed by atoms with Crippen LogP contribution in [-0.2, 0) is 4.79 Å². The highest BCUT2D eigenvalue weighted by molar-refractivity contribution is 5.95. The Kier molecular flexibility index (Phi) is 3.82.